The third-order valence-electron chi connectivity index (χ3n) is 2.84. The van der Waals surface area contributed by atoms with E-state index in [-0.39, 0.29) is 30.1 Å². The maximum atomic E-state index is 11.6. The summed E-state index contributed by atoms with van der Waals surface area (Å²) < 4.78 is 5.88. The third-order valence-corrected chi connectivity index (χ3v) is 2.84. The Morgan fingerprint density at radius 2 is 2.15 bits per heavy atom. The fraction of sp³-hybridized carbons (Fsp3) is 0.583. The van der Waals surface area contributed by atoms with Crippen molar-refractivity contribution < 1.29 is 24.5 Å². The number of carbonyl (C=O) groups is 2. The smallest absolute Gasteiger partial charge is 0.356 e. The second-order valence-corrected chi connectivity index (χ2v) is 4.35. The summed E-state index contributed by atoms with van der Waals surface area (Å²) in [5, 5.41) is 26.3. The van der Waals surface area contributed by atoms with E-state index in [1.54, 1.807) is 0 Å². The standard InChI is InChI=1S/C12H19N3O5/c1-7(16)13-5-4-9(17)11(18)8-6-14-15(2)10(8)12(19)20-3/h6,9,11,17-18H,4-5H2,1-3H3,(H,13,16). The highest BCUT2D eigenvalue weighted by Crippen LogP contribution is 2.22. The van der Waals surface area contributed by atoms with Crippen LogP contribution in [0.1, 0.15) is 35.5 Å². The summed E-state index contributed by atoms with van der Waals surface area (Å²) in [7, 11) is 2.75. The molecule has 0 saturated carbocycles. The lowest BCUT2D eigenvalue weighted by molar-refractivity contribution is -0.119. The van der Waals surface area contributed by atoms with E-state index in [1.165, 1.54) is 32.0 Å². The molecule has 8 nitrogen and oxygen atoms in total. The molecule has 0 aliphatic carbocycles. The second-order valence-electron chi connectivity index (χ2n) is 4.35. The molecule has 2 unspecified atom stereocenters. The van der Waals surface area contributed by atoms with E-state index in [0.29, 0.717) is 0 Å². The van der Waals surface area contributed by atoms with Crippen LogP contribution in [0.5, 0.6) is 0 Å². The fourth-order valence-electron chi connectivity index (χ4n) is 1.78. The maximum absolute atomic E-state index is 11.6. The van der Waals surface area contributed by atoms with Crippen LogP contribution in [0.25, 0.3) is 0 Å². The first-order valence-corrected chi connectivity index (χ1v) is 6.09. The molecule has 1 amide bonds. The van der Waals surface area contributed by atoms with E-state index in [0.717, 1.165) is 0 Å². The van der Waals surface area contributed by atoms with E-state index < -0.39 is 18.2 Å². The molecule has 1 rings (SSSR count). The van der Waals surface area contributed by atoms with Crippen LogP contribution < -0.4 is 5.32 Å². The number of aliphatic hydroxyl groups is 2. The van der Waals surface area contributed by atoms with Crippen LogP contribution in [0.4, 0.5) is 0 Å². The number of ether oxygens (including phenoxy) is 1. The average Bonchev–Trinajstić information content (AvgIpc) is 2.78. The number of hydrogen-bond acceptors (Lipinski definition) is 6. The summed E-state index contributed by atoms with van der Waals surface area (Å²) in [6.07, 6.45) is -0.963. The molecule has 3 N–H and O–H groups in total. The molecule has 112 valence electrons. The largest absolute Gasteiger partial charge is 0.464 e. The minimum Gasteiger partial charge on any atom is -0.464 e. The van der Waals surface area contributed by atoms with Crippen molar-refractivity contribution in [2.45, 2.75) is 25.6 Å². The second kappa shape index (κ2) is 7.01. The number of esters is 1. The number of amides is 1. The highest BCUT2D eigenvalue weighted by atomic mass is 16.5. The Kier molecular flexibility index (Phi) is 5.66. The molecule has 0 aromatic carbocycles. The Labute approximate surface area is 116 Å². The van der Waals surface area contributed by atoms with Crippen LogP contribution in [0.15, 0.2) is 6.20 Å². The monoisotopic (exact) mass is 285 g/mol. The molecule has 1 aromatic heterocycles. The van der Waals surface area contributed by atoms with Gasteiger partial charge in [0.25, 0.3) is 0 Å². The van der Waals surface area contributed by atoms with Gasteiger partial charge in [-0.15, -0.1) is 0 Å². The van der Waals surface area contributed by atoms with Crippen LogP contribution in [0, 0.1) is 0 Å². The van der Waals surface area contributed by atoms with Gasteiger partial charge in [-0.3, -0.25) is 9.48 Å². The predicted octanol–water partition coefficient (Wildman–Crippen LogP) is -0.873. The van der Waals surface area contributed by atoms with Crippen molar-refractivity contribution in [1.82, 2.24) is 15.1 Å². The Morgan fingerprint density at radius 1 is 1.50 bits per heavy atom. The van der Waals surface area contributed by atoms with Crippen molar-refractivity contribution in [2.24, 2.45) is 7.05 Å². The van der Waals surface area contributed by atoms with E-state index in [4.69, 9.17) is 0 Å². The van der Waals surface area contributed by atoms with Gasteiger partial charge in [0.15, 0.2) is 5.69 Å². The minimum absolute atomic E-state index is 0.0820. The van der Waals surface area contributed by atoms with Crippen LogP contribution in [-0.4, -0.2) is 51.6 Å². The molecule has 0 bridgehead atoms. The number of hydrogen-bond donors (Lipinski definition) is 3. The molecule has 0 aliphatic rings. The quantitative estimate of drug-likeness (QED) is 0.585. The van der Waals surface area contributed by atoms with Crippen LogP contribution in [-0.2, 0) is 16.6 Å². The first-order valence-electron chi connectivity index (χ1n) is 6.09. The molecule has 8 heteroatoms. The molecule has 0 saturated heterocycles. The lowest BCUT2D eigenvalue weighted by Gasteiger charge is -2.18. The number of nitrogens with zero attached hydrogens (tertiary/aromatic N) is 2. The summed E-state index contributed by atoms with van der Waals surface area (Å²) in [5.74, 6) is -0.864. The zero-order valence-electron chi connectivity index (χ0n) is 11.7. The Hall–Kier alpha value is -1.93. The van der Waals surface area contributed by atoms with Crippen molar-refractivity contribution in [3.63, 3.8) is 0 Å². The molecular formula is C12H19N3O5. The van der Waals surface area contributed by atoms with Gasteiger partial charge in [0.1, 0.15) is 6.10 Å². The maximum Gasteiger partial charge on any atom is 0.356 e. The van der Waals surface area contributed by atoms with Gasteiger partial charge in [-0.1, -0.05) is 0 Å². The van der Waals surface area contributed by atoms with Gasteiger partial charge < -0.3 is 20.3 Å². The number of aryl methyl sites for hydroxylation is 1. The lowest BCUT2D eigenvalue weighted by atomic mass is 10.0. The number of aliphatic hydroxyl groups excluding tert-OH is 2. The van der Waals surface area contributed by atoms with E-state index >= 15 is 0 Å². The van der Waals surface area contributed by atoms with Crippen molar-refractivity contribution >= 4 is 11.9 Å². The molecule has 0 spiro atoms. The van der Waals surface area contributed by atoms with Crippen molar-refractivity contribution in [3.05, 3.63) is 17.5 Å². The third kappa shape index (κ3) is 3.78. The molecule has 0 fully saturated rings. The number of rotatable bonds is 6. The zero-order valence-corrected chi connectivity index (χ0v) is 11.7. The van der Waals surface area contributed by atoms with Gasteiger partial charge in [0.2, 0.25) is 5.91 Å². The number of aromatic nitrogens is 2. The molecule has 1 heterocycles. The van der Waals surface area contributed by atoms with Gasteiger partial charge in [-0.25, -0.2) is 4.79 Å². The van der Waals surface area contributed by atoms with Crippen LogP contribution in [0.2, 0.25) is 0 Å². The van der Waals surface area contributed by atoms with E-state index in [1.807, 2.05) is 0 Å². The summed E-state index contributed by atoms with van der Waals surface area (Å²) >= 11 is 0. The molecule has 0 aliphatic heterocycles. The van der Waals surface area contributed by atoms with Gasteiger partial charge in [0, 0.05) is 26.1 Å². The number of methoxy groups -OCH3 is 1. The summed E-state index contributed by atoms with van der Waals surface area (Å²) in [6.45, 7) is 1.58. The van der Waals surface area contributed by atoms with E-state index in [9.17, 15) is 19.8 Å². The molecular weight excluding hydrogens is 266 g/mol. The Balaban J connectivity index is 2.78. The van der Waals surface area contributed by atoms with Crippen molar-refractivity contribution in [1.29, 1.82) is 0 Å². The fourth-order valence-corrected chi connectivity index (χ4v) is 1.78. The number of nitrogens with one attached hydrogen (secondary N) is 1. The highest BCUT2D eigenvalue weighted by Gasteiger charge is 2.27. The summed E-state index contributed by atoms with van der Waals surface area (Å²) in [6, 6.07) is 0. The average molecular weight is 285 g/mol. The van der Waals surface area contributed by atoms with Crippen molar-refractivity contribution in [2.75, 3.05) is 13.7 Å². The van der Waals surface area contributed by atoms with Crippen molar-refractivity contribution in [3.8, 4) is 0 Å². The molecule has 2 atom stereocenters. The molecule has 20 heavy (non-hydrogen) atoms. The lowest BCUT2D eigenvalue weighted by Crippen LogP contribution is -2.28. The first-order chi connectivity index (χ1) is 9.38. The van der Waals surface area contributed by atoms with Crippen LogP contribution >= 0.6 is 0 Å². The zero-order chi connectivity index (χ0) is 15.3. The Morgan fingerprint density at radius 3 is 2.70 bits per heavy atom. The topological polar surface area (TPSA) is 114 Å². The summed E-state index contributed by atoms with van der Waals surface area (Å²) in [4.78, 5) is 22.3. The van der Waals surface area contributed by atoms with Gasteiger partial charge in [0.05, 0.1) is 19.4 Å². The normalized spacial score (nSPS) is 13.7. The van der Waals surface area contributed by atoms with Gasteiger partial charge in [-0.2, -0.15) is 5.10 Å². The predicted molar refractivity (Wildman–Crippen MR) is 68.8 cm³/mol. The minimum atomic E-state index is -1.29. The first kappa shape index (κ1) is 16.1. The van der Waals surface area contributed by atoms with E-state index in [2.05, 4.69) is 15.2 Å². The van der Waals surface area contributed by atoms with Crippen LogP contribution in [0.3, 0.4) is 0 Å². The van der Waals surface area contributed by atoms with Gasteiger partial charge >= 0.3 is 5.97 Å². The summed E-state index contributed by atoms with van der Waals surface area (Å²) in [5.41, 5.74) is 0.272. The Bertz CT molecular complexity index is 485. The SMILES string of the molecule is COC(=O)c1c(C(O)C(O)CCNC(C)=O)cnn1C. The highest BCUT2D eigenvalue weighted by molar-refractivity contribution is 5.89. The van der Waals surface area contributed by atoms with Gasteiger partial charge in [-0.05, 0) is 6.42 Å². The number of carbonyl (C=O) groups excluding carboxylic acids is 2. The molecule has 0 radical (unpaired) electrons. The molecule has 1 aromatic rings.